The molecule has 1 amide bonds. The van der Waals surface area contributed by atoms with Crippen molar-refractivity contribution in [2.24, 2.45) is 28.9 Å². The number of rotatable bonds is 4. The molecule has 1 aromatic carbocycles. The van der Waals surface area contributed by atoms with Crippen molar-refractivity contribution in [1.82, 2.24) is 0 Å². The van der Waals surface area contributed by atoms with Crippen LogP contribution in [0, 0.1) is 23.2 Å². The van der Waals surface area contributed by atoms with Gasteiger partial charge in [0.1, 0.15) is 0 Å². The van der Waals surface area contributed by atoms with Crippen molar-refractivity contribution >= 4 is 5.91 Å². The molecule has 2 N–H and O–H groups in total. The number of hydrogen-bond acceptors (Lipinski definition) is 1. The second kappa shape index (κ2) is 3.87. The first-order valence-corrected chi connectivity index (χ1v) is 7.99. The molecule has 0 heterocycles. The summed E-state index contributed by atoms with van der Waals surface area (Å²) in [5.41, 5.74) is 7.37. The molecule has 0 radical (unpaired) electrons. The predicted octanol–water partition coefficient (Wildman–Crippen LogP) is 3.26. The maximum atomic E-state index is 12.2. The average Bonchev–Trinajstić information content (AvgIpc) is 3.13. The molecule has 106 valence electrons. The molecule has 5 atom stereocenters. The largest absolute Gasteiger partial charge is 0.369 e. The van der Waals surface area contributed by atoms with Gasteiger partial charge < -0.3 is 5.73 Å². The molecule has 5 unspecified atom stereocenters. The highest BCUT2D eigenvalue weighted by molar-refractivity contribution is 5.84. The fourth-order valence-corrected chi connectivity index (χ4v) is 6.16. The fraction of sp³-hybridized carbons (Fsp3) is 0.611. The smallest absolute Gasteiger partial charge is 0.223 e. The van der Waals surface area contributed by atoms with Gasteiger partial charge in [-0.05, 0) is 48.0 Å². The van der Waals surface area contributed by atoms with Crippen LogP contribution in [0.5, 0.6) is 0 Å². The maximum absolute atomic E-state index is 12.2. The van der Waals surface area contributed by atoms with Gasteiger partial charge in [-0.3, -0.25) is 4.79 Å². The van der Waals surface area contributed by atoms with Gasteiger partial charge in [-0.25, -0.2) is 0 Å². The van der Waals surface area contributed by atoms with E-state index in [0.717, 1.165) is 18.8 Å². The van der Waals surface area contributed by atoms with Crippen LogP contribution < -0.4 is 5.73 Å². The van der Waals surface area contributed by atoms with E-state index in [1.807, 2.05) is 0 Å². The summed E-state index contributed by atoms with van der Waals surface area (Å²) in [7, 11) is 0. The van der Waals surface area contributed by atoms with E-state index in [1.165, 1.54) is 24.8 Å². The van der Waals surface area contributed by atoms with Crippen LogP contribution in [0.4, 0.5) is 0 Å². The standard InChI is InChI=1S/C18H23NO/c1-2-6-13-14-10-18(16(19)20)11-17(14,9-15(13)18)12-7-4-3-5-8-12/h3-5,7-8,13-15H,2,6,9-11H2,1H3,(H2,19,20). The maximum Gasteiger partial charge on any atom is 0.223 e. The molecule has 4 aliphatic rings. The number of primary amides is 1. The van der Waals surface area contributed by atoms with Crippen molar-refractivity contribution in [3.8, 4) is 0 Å². The molecule has 2 heteroatoms. The SMILES string of the molecule is CCCC1C2CC3(c4ccccc4)CC2(C(N)=O)CC13. The number of benzene rings is 1. The Balaban J connectivity index is 1.80. The summed E-state index contributed by atoms with van der Waals surface area (Å²) in [4.78, 5) is 12.2. The first-order valence-electron chi connectivity index (χ1n) is 7.99. The third kappa shape index (κ3) is 1.23. The zero-order valence-corrected chi connectivity index (χ0v) is 12.1. The van der Waals surface area contributed by atoms with Gasteiger partial charge in [-0.2, -0.15) is 0 Å². The number of amides is 1. The van der Waals surface area contributed by atoms with Crippen LogP contribution in [0.25, 0.3) is 0 Å². The molecule has 0 aliphatic heterocycles. The van der Waals surface area contributed by atoms with E-state index in [-0.39, 0.29) is 16.7 Å². The monoisotopic (exact) mass is 269 g/mol. The number of hydrogen-bond donors (Lipinski definition) is 1. The van der Waals surface area contributed by atoms with Gasteiger partial charge in [0.2, 0.25) is 5.91 Å². The summed E-state index contributed by atoms with van der Waals surface area (Å²) >= 11 is 0. The molecule has 4 bridgehead atoms. The lowest BCUT2D eigenvalue weighted by atomic mass is 9.70. The Hall–Kier alpha value is -1.31. The highest BCUT2D eigenvalue weighted by Gasteiger charge is 2.76. The van der Waals surface area contributed by atoms with Gasteiger partial charge in [-0.1, -0.05) is 50.1 Å². The van der Waals surface area contributed by atoms with Gasteiger partial charge in [0.25, 0.3) is 0 Å². The summed E-state index contributed by atoms with van der Waals surface area (Å²) in [6, 6.07) is 10.9. The van der Waals surface area contributed by atoms with Crippen molar-refractivity contribution in [2.75, 3.05) is 0 Å². The van der Waals surface area contributed by atoms with Gasteiger partial charge in [0, 0.05) is 0 Å². The third-order valence-electron chi connectivity index (χ3n) is 6.71. The minimum Gasteiger partial charge on any atom is -0.369 e. The lowest BCUT2D eigenvalue weighted by Crippen LogP contribution is -2.38. The second-order valence-electron chi connectivity index (χ2n) is 7.29. The van der Waals surface area contributed by atoms with E-state index in [4.69, 9.17) is 5.73 Å². The average molecular weight is 269 g/mol. The fourth-order valence-electron chi connectivity index (χ4n) is 6.16. The summed E-state index contributed by atoms with van der Waals surface area (Å²) in [6.45, 7) is 2.26. The molecule has 4 aliphatic carbocycles. The highest BCUT2D eigenvalue weighted by atomic mass is 16.1. The number of carbonyl (C=O) groups excluding carboxylic acids is 1. The Morgan fingerprint density at radius 1 is 1.25 bits per heavy atom. The predicted molar refractivity (Wildman–Crippen MR) is 79.0 cm³/mol. The van der Waals surface area contributed by atoms with Crippen molar-refractivity contribution in [3.05, 3.63) is 35.9 Å². The van der Waals surface area contributed by atoms with Crippen molar-refractivity contribution < 1.29 is 4.79 Å². The lowest BCUT2D eigenvalue weighted by molar-refractivity contribution is -0.128. The van der Waals surface area contributed by atoms with E-state index in [0.29, 0.717) is 11.8 Å². The molecule has 1 aromatic rings. The van der Waals surface area contributed by atoms with Crippen LogP contribution in [0.1, 0.15) is 44.6 Å². The van der Waals surface area contributed by atoms with Gasteiger partial charge in [0.15, 0.2) is 0 Å². The van der Waals surface area contributed by atoms with Crippen LogP contribution in [-0.2, 0) is 10.2 Å². The molecule has 0 saturated heterocycles. The second-order valence-corrected chi connectivity index (χ2v) is 7.29. The van der Waals surface area contributed by atoms with E-state index in [1.54, 1.807) is 0 Å². The van der Waals surface area contributed by atoms with Gasteiger partial charge in [-0.15, -0.1) is 0 Å². The lowest BCUT2D eigenvalue weighted by Gasteiger charge is -2.33. The van der Waals surface area contributed by atoms with Crippen molar-refractivity contribution in [1.29, 1.82) is 0 Å². The molecule has 0 aromatic heterocycles. The molecular formula is C18H23NO. The summed E-state index contributed by atoms with van der Waals surface area (Å²) < 4.78 is 0. The van der Waals surface area contributed by atoms with Gasteiger partial charge in [0.05, 0.1) is 5.41 Å². The number of carbonyl (C=O) groups is 1. The molecule has 20 heavy (non-hydrogen) atoms. The molecule has 4 saturated carbocycles. The highest BCUT2D eigenvalue weighted by Crippen LogP contribution is 2.78. The van der Waals surface area contributed by atoms with Crippen molar-refractivity contribution in [3.63, 3.8) is 0 Å². The first-order chi connectivity index (χ1) is 9.64. The Kier molecular flexibility index (Phi) is 2.40. The molecule has 4 fully saturated rings. The Morgan fingerprint density at radius 2 is 2.00 bits per heavy atom. The van der Waals surface area contributed by atoms with Crippen LogP contribution >= 0.6 is 0 Å². The van der Waals surface area contributed by atoms with E-state index >= 15 is 0 Å². The summed E-state index contributed by atoms with van der Waals surface area (Å²) in [5, 5.41) is 0. The minimum absolute atomic E-state index is 0.0265. The zero-order valence-electron chi connectivity index (χ0n) is 12.1. The third-order valence-corrected chi connectivity index (χ3v) is 6.71. The first kappa shape index (κ1) is 12.4. The van der Waals surface area contributed by atoms with Crippen LogP contribution in [0.2, 0.25) is 0 Å². The quantitative estimate of drug-likeness (QED) is 0.895. The van der Waals surface area contributed by atoms with E-state index in [2.05, 4.69) is 37.3 Å². The number of nitrogens with two attached hydrogens (primary N) is 1. The Labute approximate surface area is 120 Å². The summed E-state index contributed by atoms with van der Waals surface area (Å²) in [6.07, 6.45) is 5.73. The summed E-state index contributed by atoms with van der Waals surface area (Å²) in [5.74, 6) is 1.93. The Morgan fingerprint density at radius 3 is 2.60 bits per heavy atom. The van der Waals surface area contributed by atoms with Crippen LogP contribution in [-0.4, -0.2) is 5.91 Å². The molecule has 2 nitrogen and oxygen atoms in total. The molecular weight excluding hydrogens is 246 g/mol. The van der Waals surface area contributed by atoms with Crippen molar-refractivity contribution in [2.45, 2.75) is 44.4 Å². The molecule has 5 rings (SSSR count). The normalized spacial score (nSPS) is 44.4. The minimum atomic E-state index is -0.180. The topological polar surface area (TPSA) is 43.1 Å². The zero-order chi connectivity index (χ0) is 14.0. The van der Waals surface area contributed by atoms with E-state index < -0.39 is 0 Å². The Bertz CT molecular complexity index is 554. The molecule has 0 spiro atoms. The van der Waals surface area contributed by atoms with Crippen LogP contribution in [0.3, 0.4) is 0 Å². The van der Waals surface area contributed by atoms with Crippen LogP contribution in [0.15, 0.2) is 30.3 Å². The van der Waals surface area contributed by atoms with E-state index in [9.17, 15) is 4.79 Å². The van der Waals surface area contributed by atoms with Gasteiger partial charge >= 0.3 is 0 Å².